The van der Waals surface area contributed by atoms with Crippen molar-refractivity contribution in [3.63, 3.8) is 0 Å². The second kappa shape index (κ2) is 6.82. The molecule has 1 aromatic rings. The topological polar surface area (TPSA) is 32.3 Å². The van der Waals surface area contributed by atoms with Gasteiger partial charge < -0.3 is 10.2 Å². The predicted octanol–water partition coefficient (Wildman–Crippen LogP) is 3.71. The fourth-order valence-electron chi connectivity index (χ4n) is 3.92. The minimum Gasteiger partial charge on any atom is -0.338 e. The van der Waals surface area contributed by atoms with Crippen LogP contribution in [0.2, 0.25) is 5.02 Å². The van der Waals surface area contributed by atoms with E-state index in [2.05, 4.69) is 30.1 Å². The lowest BCUT2D eigenvalue weighted by Gasteiger charge is -2.28. The second-order valence-electron chi connectivity index (χ2n) is 7.61. The van der Waals surface area contributed by atoms with E-state index in [1.807, 2.05) is 18.2 Å². The van der Waals surface area contributed by atoms with E-state index < -0.39 is 0 Å². The first-order chi connectivity index (χ1) is 11.0. The zero-order valence-corrected chi connectivity index (χ0v) is 14.9. The highest BCUT2D eigenvalue weighted by Crippen LogP contribution is 2.59. The van der Waals surface area contributed by atoms with Crippen LogP contribution in [0.5, 0.6) is 0 Å². The van der Waals surface area contributed by atoms with Gasteiger partial charge in [-0.15, -0.1) is 0 Å². The largest absolute Gasteiger partial charge is 0.338 e. The molecule has 23 heavy (non-hydrogen) atoms. The number of piperidine rings is 1. The van der Waals surface area contributed by atoms with Crippen LogP contribution in [0.3, 0.4) is 0 Å². The zero-order valence-electron chi connectivity index (χ0n) is 14.1. The summed E-state index contributed by atoms with van der Waals surface area (Å²) in [5.74, 6) is 1.06. The van der Waals surface area contributed by atoms with E-state index in [0.717, 1.165) is 49.5 Å². The molecule has 1 unspecified atom stereocenters. The molecule has 2 fully saturated rings. The Morgan fingerprint density at radius 3 is 2.78 bits per heavy atom. The Balaban J connectivity index is 1.70. The molecule has 1 N–H and O–H groups in total. The first kappa shape index (κ1) is 16.8. The lowest BCUT2D eigenvalue weighted by Crippen LogP contribution is -2.38. The van der Waals surface area contributed by atoms with Gasteiger partial charge in [-0.25, -0.2) is 0 Å². The Labute approximate surface area is 144 Å². The molecule has 1 atom stereocenters. The van der Waals surface area contributed by atoms with E-state index in [1.165, 1.54) is 0 Å². The van der Waals surface area contributed by atoms with Crippen molar-refractivity contribution in [1.82, 2.24) is 10.2 Å². The maximum absolute atomic E-state index is 13.1. The molecule has 1 saturated carbocycles. The van der Waals surface area contributed by atoms with Crippen molar-refractivity contribution in [2.45, 2.75) is 39.7 Å². The lowest BCUT2D eigenvalue weighted by atomic mass is 9.91. The third kappa shape index (κ3) is 3.89. The fraction of sp³-hybridized carbons (Fsp3) is 0.632. The van der Waals surface area contributed by atoms with Crippen LogP contribution in [-0.2, 0) is 11.3 Å². The van der Waals surface area contributed by atoms with Gasteiger partial charge in [0, 0.05) is 24.0 Å². The molecule has 4 heteroatoms. The summed E-state index contributed by atoms with van der Waals surface area (Å²) in [4.78, 5) is 15.1. The molecule has 1 aromatic carbocycles. The SMILES string of the molecule is CC(C)CN(Cc1cccc(Cl)c1)C(=O)C1CC12CCNCC2. The summed E-state index contributed by atoms with van der Waals surface area (Å²) >= 11 is 6.09. The summed E-state index contributed by atoms with van der Waals surface area (Å²) in [6.45, 7) is 7.94. The van der Waals surface area contributed by atoms with Gasteiger partial charge in [0.05, 0.1) is 0 Å². The summed E-state index contributed by atoms with van der Waals surface area (Å²) in [6, 6.07) is 7.86. The third-order valence-corrected chi connectivity index (χ3v) is 5.48. The minimum absolute atomic E-state index is 0.238. The Morgan fingerprint density at radius 2 is 2.13 bits per heavy atom. The number of nitrogens with zero attached hydrogens (tertiary/aromatic N) is 1. The van der Waals surface area contributed by atoms with Crippen LogP contribution >= 0.6 is 11.6 Å². The van der Waals surface area contributed by atoms with Crippen molar-refractivity contribution in [3.05, 3.63) is 34.9 Å². The van der Waals surface area contributed by atoms with E-state index in [1.54, 1.807) is 0 Å². The van der Waals surface area contributed by atoms with Crippen molar-refractivity contribution in [1.29, 1.82) is 0 Å². The number of benzene rings is 1. The van der Waals surface area contributed by atoms with Gasteiger partial charge in [-0.05, 0) is 61.4 Å². The first-order valence-electron chi connectivity index (χ1n) is 8.74. The van der Waals surface area contributed by atoms with Gasteiger partial charge in [0.15, 0.2) is 0 Å². The van der Waals surface area contributed by atoms with Gasteiger partial charge in [-0.3, -0.25) is 4.79 Å². The van der Waals surface area contributed by atoms with Crippen molar-refractivity contribution >= 4 is 17.5 Å². The zero-order chi connectivity index (χ0) is 16.4. The number of carbonyl (C=O) groups excluding carboxylic acids is 1. The molecule has 3 nitrogen and oxygen atoms in total. The van der Waals surface area contributed by atoms with Gasteiger partial charge >= 0.3 is 0 Å². The molecular weight excluding hydrogens is 308 g/mol. The molecular formula is C19H27ClN2O. The lowest BCUT2D eigenvalue weighted by molar-refractivity contribution is -0.134. The van der Waals surface area contributed by atoms with Crippen LogP contribution in [0.15, 0.2) is 24.3 Å². The smallest absolute Gasteiger partial charge is 0.226 e. The Bertz CT molecular complexity index is 566. The molecule has 1 aliphatic carbocycles. The summed E-state index contributed by atoms with van der Waals surface area (Å²) in [7, 11) is 0. The Morgan fingerprint density at radius 1 is 1.39 bits per heavy atom. The highest BCUT2D eigenvalue weighted by Gasteiger charge is 2.58. The van der Waals surface area contributed by atoms with E-state index in [0.29, 0.717) is 23.8 Å². The molecule has 126 valence electrons. The average Bonchev–Trinajstić information content (AvgIpc) is 3.19. The molecule has 1 spiro atoms. The highest BCUT2D eigenvalue weighted by molar-refractivity contribution is 6.30. The van der Waals surface area contributed by atoms with E-state index >= 15 is 0 Å². The average molecular weight is 335 g/mol. The van der Waals surface area contributed by atoms with Gasteiger partial charge in [0.2, 0.25) is 5.91 Å². The Kier molecular flexibility index (Phi) is 4.98. The number of amides is 1. The molecule has 2 aliphatic rings. The number of rotatable bonds is 5. The van der Waals surface area contributed by atoms with Gasteiger partial charge in [-0.2, -0.15) is 0 Å². The number of hydrogen-bond acceptors (Lipinski definition) is 2. The second-order valence-corrected chi connectivity index (χ2v) is 8.05. The van der Waals surface area contributed by atoms with Crippen molar-refractivity contribution in [2.75, 3.05) is 19.6 Å². The number of carbonyl (C=O) groups is 1. The molecule has 1 aliphatic heterocycles. The highest BCUT2D eigenvalue weighted by atomic mass is 35.5. The van der Waals surface area contributed by atoms with E-state index in [9.17, 15) is 4.79 Å². The minimum atomic E-state index is 0.238. The standard InChI is InChI=1S/C19H27ClN2O/c1-14(2)12-22(13-15-4-3-5-16(20)10-15)18(23)17-11-19(17)6-8-21-9-7-19/h3-5,10,14,17,21H,6-9,11-13H2,1-2H3. The summed E-state index contributed by atoms with van der Waals surface area (Å²) in [5, 5.41) is 4.14. The van der Waals surface area contributed by atoms with Crippen LogP contribution in [0.4, 0.5) is 0 Å². The quantitative estimate of drug-likeness (QED) is 0.890. The molecule has 3 rings (SSSR count). The molecule has 0 aromatic heterocycles. The van der Waals surface area contributed by atoms with Gasteiger partial charge in [0.1, 0.15) is 0 Å². The van der Waals surface area contributed by atoms with Crippen molar-refractivity contribution < 1.29 is 4.79 Å². The Hall–Kier alpha value is -1.06. The molecule has 1 amide bonds. The van der Waals surface area contributed by atoms with E-state index in [-0.39, 0.29) is 5.92 Å². The third-order valence-electron chi connectivity index (χ3n) is 5.25. The molecule has 1 heterocycles. The van der Waals surface area contributed by atoms with Gasteiger partial charge in [-0.1, -0.05) is 37.6 Å². The van der Waals surface area contributed by atoms with Crippen molar-refractivity contribution in [2.24, 2.45) is 17.3 Å². The maximum Gasteiger partial charge on any atom is 0.226 e. The summed E-state index contributed by atoms with van der Waals surface area (Å²) in [6.07, 6.45) is 3.38. The number of hydrogen-bond donors (Lipinski definition) is 1. The number of halogens is 1. The normalized spacial score (nSPS) is 22.3. The summed E-state index contributed by atoms with van der Waals surface area (Å²) < 4.78 is 0. The molecule has 0 bridgehead atoms. The molecule has 0 radical (unpaired) electrons. The van der Waals surface area contributed by atoms with Crippen LogP contribution < -0.4 is 5.32 Å². The number of nitrogens with one attached hydrogen (secondary N) is 1. The first-order valence-corrected chi connectivity index (χ1v) is 9.12. The fourth-order valence-corrected chi connectivity index (χ4v) is 4.14. The van der Waals surface area contributed by atoms with Crippen LogP contribution in [0.25, 0.3) is 0 Å². The van der Waals surface area contributed by atoms with Crippen LogP contribution in [-0.4, -0.2) is 30.4 Å². The molecule has 1 saturated heterocycles. The van der Waals surface area contributed by atoms with Gasteiger partial charge in [0.25, 0.3) is 0 Å². The maximum atomic E-state index is 13.1. The van der Waals surface area contributed by atoms with Crippen molar-refractivity contribution in [3.8, 4) is 0 Å². The van der Waals surface area contributed by atoms with Crippen LogP contribution in [0, 0.1) is 17.3 Å². The predicted molar refractivity (Wildman–Crippen MR) is 94.4 cm³/mol. The monoisotopic (exact) mass is 334 g/mol. The van der Waals surface area contributed by atoms with E-state index in [4.69, 9.17) is 11.6 Å². The summed E-state index contributed by atoms with van der Waals surface area (Å²) in [5.41, 5.74) is 1.41. The van der Waals surface area contributed by atoms with Crippen LogP contribution in [0.1, 0.15) is 38.7 Å².